The van der Waals surface area contributed by atoms with Gasteiger partial charge in [-0.15, -0.1) is 0 Å². The summed E-state index contributed by atoms with van der Waals surface area (Å²) in [5.41, 5.74) is 5.61. The molecule has 0 radical (unpaired) electrons. The molecule has 3 N–H and O–H groups in total. The second kappa shape index (κ2) is 9.34. The quantitative estimate of drug-likeness (QED) is 0.722. The van der Waals surface area contributed by atoms with Crippen LogP contribution in [0.25, 0.3) is 0 Å². The molecule has 18 heavy (non-hydrogen) atoms. The molecule has 1 amide bonds. The predicted octanol–water partition coefficient (Wildman–Crippen LogP) is 1.35. The SMILES string of the molecule is CCC(CN)CC(=O)NCCN1CCCCCC1. The number of nitrogens with zero attached hydrogens (tertiary/aromatic N) is 1. The van der Waals surface area contributed by atoms with Crippen LogP contribution in [0.1, 0.15) is 45.4 Å². The van der Waals surface area contributed by atoms with Crippen molar-refractivity contribution < 1.29 is 4.79 Å². The molecule has 0 aromatic carbocycles. The van der Waals surface area contributed by atoms with Gasteiger partial charge in [0.15, 0.2) is 0 Å². The van der Waals surface area contributed by atoms with Crippen LogP contribution in [0.2, 0.25) is 0 Å². The summed E-state index contributed by atoms with van der Waals surface area (Å²) in [6.07, 6.45) is 6.89. The lowest BCUT2D eigenvalue weighted by Crippen LogP contribution is -2.36. The summed E-state index contributed by atoms with van der Waals surface area (Å²) in [4.78, 5) is 14.2. The van der Waals surface area contributed by atoms with Crippen LogP contribution in [-0.4, -0.2) is 43.5 Å². The molecule has 1 atom stereocenters. The third kappa shape index (κ3) is 6.36. The normalized spacial score (nSPS) is 19.2. The highest BCUT2D eigenvalue weighted by atomic mass is 16.1. The molecule has 1 aliphatic heterocycles. The maximum absolute atomic E-state index is 11.7. The van der Waals surface area contributed by atoms with Gasteiger partial charge in [0.25, 0.3) is 0 Å². The van der Waals surface area contributed by atoms with E-state index in [1.807, 2.05) is 0 Å². The fraction of sp³-hybridized carbons (Fsp3) is 0.929. The molecule has 0 aromatic heterocycles. The van der Waals surface area contributed by atoms with Crippen LogP contribution >= 0.6 is 0 Å². The van der Waals surface area contributed by atoms with Gasteiger partial charge in [-0.05, 0) is 38.4 Å². The molecule has 1 unspecified atom stereocenters. The molecule has 0 saturated carbocycles. The second-order valence-electron chi connectivity index (χ2n) is 5.32. The molecule has 0 bridgehead atoms. The number of rotatable bonds is 7. The van der Waals surface area contributed by atoms with Crippen LogP contribution in [0.4, 0.5) is 0 Å². The van der Waals surface area contributed by atoms with Crippen LogP contribution in [0.15, 0.2) is 0 Å². The van der Waals surface area contributed by atoms with Crippen molar-refractivity contribution in [3.63, 3.8) is 0 Å². The summed E-state index contributed by atoms with van der Waals surface area (Å²) in [5, 5.41) is 3.01. The molecule has 0 aromatic rings. The smallest absolute Gasteiger partial charge is 0.220 e. The van der Waals surface area contributed by atoms with Crippen molar-refractivity contribution in [3.8, 4) is 0 Å². The van der Waals surface area contributed by atoms with E-state index in [2.05, 4.69) is 17.1 Å². The third-order valence-corrected chi connectivity index (χ3v) is 3.83. The van der Waals surface area contributed by atoms with E-state index in [0.717, 1.165) is 19.5 Å². The maximum atomic E-state index is 11.7. The first-order valence-electron chi connectivity index (χ1n) is 7.45. The van der Waals surface area contributed by atoms with E-state index in [4.69, 9.17) is 5.73 Å². The molecule has 0 spiro atoms. The standard InChI is InChI=1S/C14H29N3O/c1-2-13(12-15)11-14(18)16-7-10-17-8-5-3-4-6-9-17/h13H,2-12,15H2,1H3,(H,16,18). The van der Waals surface area contributed by atoms with Crippen LogP contribution in [-0.2, 0) is 4.79 Å². The number of nitrogens with one attached hydrogen (secondary N) is 1. The molecule has 4 heteroatoms. The maximum Gasteiger partial charge on any atom is 0.220 e. The minimum absolute atomic E-state index is 0.155. The van der Waals surface area contributed by atoms with Crippen molar-refractivity contribution in [2.75, 3.05) is 32.7 Å². The van der Waals surface area contributed by atoms with E-state index >= 15 is 0 Å². The summed E-state index contributed by atoms with van der Waals surface area (Å²) < 4.78 is 0. The lowest BCUT2D eigenvalue weighted by atomic mass is 10.0. The summed E-state index contributed by atoms with van der Waals surface area (Å²) in [7, 11) is 0. The predicted molar refractivity (Wildman–Crippen MR) is 75.4 cm³/mol. The fourth-order valence-electron chi connectivity index (χ4n) is 2.44. The first-order chi connectivity index (χ1) is 8.76. The van der Waals surface area contributed by atoms with Crippen molar-refractivity contribution in [1.29, 1.82) is 0 Å². The van der Waals surface area contributed by atoms with Crippen LogP contribution < -0.4 is 11.1 Å². The van der Waals surface area contributed by atoms with Gasteiger partial charge in [-0.3, -0.25) is 4.79 Å². The second-order valence-corrected chi connectivity index (χ2v) is 5.32. The van der Waals surface area contributed by atoms with Crippen molar-refractivity contribution in [3.05, 3.63) is 0 Å². The molecule has 1 saturated heterocycles. The Kier molecular flexibility index (Phi) is 8.01. The van der Waals surface area contributed by atoms with Gasteiger partial charge in [0.05, 0.1) is 0 Å². The number of carbonyl (C=O) groups is 1. The summed E-state index contributed by atoms with van der Waals surface area (Å²) >= 11 is 0. The zero-order chi connectivity index (χ0) is 13.2. The number of nitrogens with two attached hydrogens (primary N) is 1. The first kappa shape index (κ1) is 15.4. The Hall–Kier alpha value is -0.610. The zero-order valence-electron chi connectivity index (χ0n) is 11.8. The van der Waals surface area contributed by atoms with E-state index in [1.54, 1.807) is 0 Å². The fourth-order valence-corrected chi connectivity index (χ4v) is 2.44. The first-order valence-corrected chi connectivity index (χ1v) is 7.45. The highest BCUT2D eigenvalue weighted by molar-refractivity contribution is 5.76. The summed E-state index contributed by atoms with van der Waals surface area (Å²) in [6.45, 7) is 6.84. The zero-order valence-corrected chi connectivity index (χ0v) is 11.8. The van der Waals surface area contributed by atoms with E-state index < -0.39 is 0 Å². The third-order valence-electron chi connectivity index (χ3n) is 3.83. The molecule has 0 aliphatic carbocycles. The molecule has 4 nitrogen and oxygen atoms in total. The largest absolute Gasteiger partial charge is 0.355 e. The lowest BCUT2D eigenvalue weighted by Gasteiger charge is -2.20. The molecule has 1 heterocycles. The van der Waals surface area contributed by atoms with Gasteiger partial charge in [0.1, 0.15) is 0 Å². The van der Waals surface area contributed by atoms with Gasteiger partial charge in [-0.1, -0.05) is 26.2 Å². The van der Waals surface area contributed by atoms with E-state index in [9.17, 15) is 4.79 Å². The Bertz CT molecular complexity index is 221. The van der Waals surface area contributed by atoms with Crippen molar-refractivity contribution in [2.45, 2.75) is 45.4 Å². The van der Waals surface area contributed by atoms with Gasteiger partial charge in [0, 0.05) is 19.5 Å². The lowest BCUT2D eigenvalue weighted by molar-refractivity contribution is -0.122. The number of carbonyl (C=O) groups excluding carboxylic acids is 1. The van der Waals surface area contributed by atoms with Gasteiger partial charge in [-0.25, -0.2) is 0 Å². The Morgan fingerprint density at radius 1 is 1.28 bits per heavy atom. The van der Waals surface area contributed by atoms with Crippen LogP contribution in [0, 0.1) is 5.92 Å². The average Bonchev–Trinajstić information content (AvgIpc) is 2.64. The van der Waals surface area contributed by atoms with Crippen molar-refractivity contribution >= 4 is 5.91 Å². The van der Waals surface area contributed by atoms with Gasteiger partial charge < -0.3 is 16.0 Å². The van der Waals surface area contributed by atoms with E-state index in [0.29, 0.717) is 18.9 Å². The Balaban J connectivity index is 2.10. The number of likely N-dealkylation sites (tertiary alicyclic amines) is 1. The topological polar surface area (TPSA) is 58.4 Å². The number of hydrogen-bond acceptors (Lipinski definition) is 3. The monoisotopic (exact) mass is 255 g/mol. The van der Waals surface area contributed by atoms with Gasteiger partial charge in [-0.2, -0.15) is 0 Å². The summed E-state index contributed by atoms with van der Waals surface area (Å²) in [6, 6.07) is 0. The van der Waals surface area contributed by atoms with Crippen molar-refractivity contribution in [2.24, 2.45) is 11.7 Å². The van der Waals surface area contributed by atoms with E-state index in [1.165, 1.54) is 38.8 Å². The van der Waals surface area contributed by atoms with Gasteiger partial charge in [0.2, 0.25) is 5.91 Å². The van der Waals surface area contributed by atoms with Crippen LogP contribution in [0.5, 0.6) is 0 Å². The minimum atomic E-state index is 0.155. The molecule has 1 aliphatic rings. The summed E-state index contributed by atoms with van der Waals surface area (Å²) in [5.74, 6) is 0.491. The van der Waals surface area contributed by atoms with Crippen molar-refractivity contribution in [1.82, 2.24) is 10.2 Å². The molecule has 106 valence electrons. The highest BCUT2D eigenvalue weighted by Gasteiger charge is 2.11. The Labute approximate surface area is 111 Å². The highest BCUT2D eigenvalue weighted by Crippen LogP contribution is 2.09. The van der Waals surface area contributed by atoms with Gasteiger partial charge >= 0.3 is 0 Å². The van der Waals surface area contributed by atoms with E-state index in [-0.39, 0.29) is 5.91 Å². The Morgan fingerprint density at radius 3 is 2.50 bits per heavy atom. The number of amides is 1. The molecule has 1 rings (SSSR count). The molecular weight excluding hydrogens is 226 g/mol. The van der Waals surface area contributed by atoms with Crippen LogP contribution in [0.3, 0.4) is 0 Å². The average molecular weight is 255 g/mol. The Morgan fingerprint density at radius 2 is 1.94 bits per heavy atom. The minimum Gasteiger partial charge on any atom is -0.355 e. The molecular formula is C14H29N3O. The number of hydrogen-bond donors (Lipinski definition) is 2. The molecule has 1 fully saturated rings.